The highest BCUT2D eigenvalue weighted by Crippen LogP contribution is 2.17. The lowest BCUT2D eigenvalue weighted by Gasteiger charge is -2.04. The lowest BCUT2D eigenvalue weighted by molar-refractivity contribution is 0.244. The largest absolute Gasteiger partial charge is 0.385 e. The van der Waals surface area contributed by atoms with E-state index in [1.807, 2.05) is 25.1 Å². The van der Waals surface area contributed by atoms with E-state index in [0.29, 0.717) is 19.0 Å². The van der Waals surface area contributed by atoms with Crippen molar-refractivity contribution in [2.45, 2.75) is 13.5 Å². The number of amidine groups is 1. The summed E-state index contributed by atoms with van der Waals surface area (Å²) in [7, 11) is 1.59. The third kappa shape index (κ3) is 3.34. The number of hydrogen-bond donors (Lipinski definition) is 2. The van der Waals surface area contributed by atoms with Crippen LogP contribution in [0.4, 0.5) is 5.69 Å². The number of aryl methyl sites for hydroxylation is 1. The predicted molar refractivity (Wildman–Crippen MR) is 62.2 cm³/mol. The Morgan fingerprint density at radius 3 is 2.80 bits per heavy atom. The van der Waals surface area contributed by atoms with Gasteiger partial charge in [0, 0.05) is 13.7 Å². The fraction of sp³-hybridized carbons (Fsp3) is 0.364. The Morgan fingerprint density at radius 2 is 2.20 bits per heavy atom. The van der Waals surface area contributed by atoms with Gasteiger partial charge in [-0.2, -0.15) is 0 Å². The third-order valence-corrected chi connectivity index (χ3v) is 2.12. The zero-order chi connectivity index (χ0) is 11.3. The summed E-state index contributed by atoms with van der Waals surface area (Å²) in [6.07, 6.45) is 0. The maximum atomic E-state index is 5.64. The van der Waals surface area contributed by atoms with Gasteiger partial charge in [-0.15, -0.1) is 0 Å². The summed E-state index contributed by atoms with van der Waals surface area (Å²) in [6.45, 7) is 2.87. The molecule has 0 heterocycles. The lowest BCUT2D eigenvalue weighted by Crippen LogP contribution is -2.17. The molecule has 82 valence electrons. The minimum atomic E-state index is 0.339. The van der Waals surface area contributed by atoms with Crippen molar-refractivity contribution >= 4 is 11.5 Å². The van der Waals surface area contributed by atoms with Crippen LogP contribution in [0, 0.1) is 6.92 Å². The number of ether oxygens (including phenoxy) is 1. The summed E-state index contributed by atoms with van der Waals surface area (Å²) in [5, 5.41) is 0. The highest BCUT2D eigenvalue weighted by molar-refractivity contribution is 5.84. The van der Waals surface area contributed by atoms with Crippen LogP contribution in [0.25, 0.3) is 0 Å². The van der Waals surface area contributed by atoms with Crippen molar-refractivity contribution in [3.05, 3.63) is 29.3 Å². The quantitative estimate of drug-likeness (QED) is 0.573. The van der Waals surface area contributed by atoms with Gasteiger partial charge < -0.3 is 16.2 Å². The first kappa shape index (κ1) is 11.7. The van der Waals surface area contributed by atoms with Gasteiger partial charge in [0.2, 0.25) is 0 Å². The molecule has 4 heteroatoms. The van der Waals surface area contributed by atoms with Crippen molar-refractivity contribution in [2.75, 3.05) is 13.7 Å². The van der Waals surface area contributed by atoms with E-state index in [1.165, 1.54) is 5.56 Å². The van der Waals surface area contributed by atoms with Gasteiger partial charge in [0.25, 0.3) is 0 Å². The number of nitrogens with zero attached hydrogens (tertiary/aromatic N) is 1. The zero-order valence-corrected chi connectivity index (χ0v) is 9.16. The molecule has 0 bridgehead atoms. The Hall–Kier alpha value is -1.39. The molecular weight excluding hydrogens is 190 g/mol. The second-order valence-corrected chi connectivity index (χ2v) is 3.35. The molecule has 0 fully saturated rings. The Morgan fingerprint density at radius 1 is 1.47 bits per heavy atom. The highest BCUT2D eigenvalue weighted by Gasteiger charge is 1.98. The molecule has 0 amide bonds. The van der Waals surface area contributed by atoms with Gasteiger partial charge in [-0.3, -0.25) is 0 Å². The molecular formula is C11H17N3O. The molecule has 1 aromatic carbocycles. The molecule has 15 heavy (non-hydrogen) atoms. The van der Waals surface area contributed by atoms with Crippen molar-refractivity contribution in [1.82, 2.24) is 0 Å². The normalized spacial score (nSPS) is 11.8. The molecule has 4 nitrogen and oxygen atoms in total. The molecule has 1 aromatic rings. The van der Waals surface area contributed by atoms with Crippen LogP contribution in [-0.2, 0) is 11.3 Å². The van der Waals surface area contributed by atoms with Crippen LogP contribution in [-0.4, -0.2) is 19.6 Å². The molecule has 1 rings (SSSR count). The van der Waals surface area contributed by atoms with Crippen molar-refractivity contribution in [2.24, 2.45) is 16.5 Å². The van der Waals surface area contributed by atoms with E-state index in [2.05, 4.69) is 4.99 Å². The van der Waals surface area contributed by atoms with E-state index in [-0.39, 0.29) is 0 Å². The first-order chi connectivity index (χ1) is 7.17. The highest BCUT2D eigenvalue weighted by atomic mass is 16.5. The Bertz CT molecular complexity index is 361. The van der Waals surface area contributed by atoms with Crippen LogP contribution >= 0.6 is 0 Å². The van der Waals surface area contributed by atoms with E-state index < -0.39 is 0 Å². The van der Waals surface area contributed by atoms with Crippen LogP contribution in [0.5, 0.6) is 0 Å². The maximum absolute atomic E-state index is 5.64. The first-order valence-electron chi connectivity index (χ1n) is 4.79. The Kier molecular flexibility index (Phi) is 4.27. The van der Waals surface area contributed by atoms with E-state index in [1.54, 1.807) is 7.11 Å². The second kappa shape index (κ2) is 5.48. The summed E-state index contributed by atoms with van der Waals surface area (Å²) >= 11 is 0. The molecule has 0 aliphatic carbocycles. The smallest absolute Gasteiger partial charge is 0.126 e. The summed E-state index contributed by atoms with van der Waals surface area (Å²) < 4.78 is 4.88. The average Bonchev–Trinajstić information content (AvgIpc) is 2.21. The van der Waals surface area contributed by atoms with Gasteiger partial charge >= 0.3 is 0 Å². The van der Waals surface area contributed by atoms with Crippen LogP contribution in [0.1, 0.15) is 11.1 Å². The molecule has 0 aliphatic rings. The van der Waals surface area contributed by atoms with Crippen molar-refractivity contribution < 1.29 is 4.74 Å². The zero-order valence-electron chi connectivity index (χ0n) is 9.16. The van der Waals surface area contributed by atoms with Gasteiger partial charge in [0.1, 0.15) is 12.4 Å². The lowest BCUT2D eigenvalue weighted by atomic mass is 10.1. The fourth-order valence-corrected chi connectivity index (χ4v) is 1.29. The van der Waals surface area contributed by atoms with Crippen LogP contribution in [0.15, 0.2) is 23.2 Å². The predicted octanol–water partition coefficient (Wildman–Crippen LogP) is 1.09. The summed E-state index contributed by atoms with van der Waals surface area (Å²) in [5.41, 5.74) is 14.3. The molecule has 0 unspecified atom stereocenters. The number of nitrogens with two attached hydrogens (primary N) is 2. The van der Waals surface area contributed by atoms with E-state index in [9.17, 15) is 0 Å². The Balaban J connectivity index is 2.91. The van der Waals surface area contributed by atoms with Gasteiger partial charge in [-0.1, -0.05) is 6.07 Å². The topological polar surface area (TPSA) is 73.6 Å². The second-order valence-electron chi connectivity index (χ2n) is 3.35. The summed E-state index contributed by atoms with van der Waals surface area (Å²) in [4.78, 5) is 4.21. The molecule has 4 N–H and O–H groups in total. The van der Waals surface area contributed by atoms with Gasteiger partial charge in [0.05, 0.1) is 5.69 Å². The molecule has 0 saturated heterocycles. The Labute approximate surface area is 89.9 Å². The SMILES string of the molecule is COCC(N)=Nc1ccc(C)c(CN)c1. The first-order valence-corrected chi connectivity index (χ1v) is 4.79. The number of benzene rings is 1. The average molecular weight is 207 g/mol. The summed E-state index contributed by atoms with van der Waals surface area (Å²) in [5.74, 6) is 0.462. The summed E-state index contributed by atoms with van der Waals surface area (Å²) in [6, 6.07) is 5.84. The van der Waals surface area contributed by atoms with Gasteiger partial charge in [0.15, 0.2) is 0 Å². The number of aliphatic imine (C=N–C) groups is 1. The number of methoxy groups -OCH3 is 1. The van der Waals surface area contributed by atoms with Crippen molar-refractivity contribution in [3.63, 3.8) is 0 Å². The third-order valence-electron chi connectivity index (χ3n) is 2.12. The number of hydrogen-bond acceptors (Lipinski definition) is 3. The maximum Gasteiger partial charge on any atom is 0.126 e. The number of rotatable bonds is 4. The molecule has 0 aromatic heterocycles. The fourth-order valence-electron chi connectivity index (χ4n) is 1.29. The van der Waals surface area contributed by atoms with E-state index in [0.717, 1.165) is 11.3 Å². The standard InChI is InChI=1S/C11H17N3O/c1-8-3-4-10(5-9(8)6-12)14-11(13)7-15-2/h3-5H,6-7,12H2,1-2H3,(H2,13,14). The van der Waals surface area contributed by atoms with Crippen LogP contribution in [0.2, 0.25) is 0 Å². The van der Waals surface area contributed by atoms with Crippen LogP contribution < -0.4 is 11.5 Å². The molecule has 0 radical (unpaired) electrons. The van der Waals surface area contributed by atoms with Crippen molar-refractivity contribution in [1.29, 1.82) is 0 Å². The molecule has 0 aliphatic heterocycles. The monoisotopic (exact) mass is 207 g/mol. The van der Waals surface area contributed by atoms with Crippen LogP contribution in [0.3, 0.4) is 0 Å². The van der Waals surface area contributed by atoms with E-state index in [4.69, 9.17) is 16.2 Å². The molecule has 0 atom stereocenters. The van der Waals surface area contributed by atoms with E-state index >= 15 is 0 Å². The van der Waals surface area contributed by atoms with Gasteiger partial charge in [-0.05, 0) is 30.2 Å². The van der Waals surface area contributed by atoms with Crippen molar-refractivity contribution in [3.8, 4) is 0 Å². The molecule has 0 saturated carbocycles. The molecule has 0 spiro atoms. The minimum absolute atomic E-state index is 0.339. The van der Waals surface area contributed by atoms with Gasteiger partial charge in [-0.25, -0.2) is 4.99 Å². The minimum Gasteiger partial charge on any atom is -0.385 e.